The molecular weight excluding hydrogens is 372 g/mol. The van der Waals surface area contributed by atoms with Crippen LogP contribution in [-0.2, 0) is 19.9 Å². The van der Waals surface area contributed by atoms with Crippen molar-refractivity contribution in [1.82, 2.24) is 25.3 Å². The summed E-state index contributed by atoms with van der Waals surface area (Å²) in [7, 11) is 1.89. The highest BCUT2D eigenvalue weighted by molar-refractivity contribution is 7.13. The molecule has 146 valence electrons. The summed E-state index contributed by atoms with van der Waals surface area (Å²) in [6.45, 7) is 2.67. The number of nitrogens with zero attached hydrogens (tertiary/aromatic N) is 5. The van der Waals surface area contributed by atoms with Crippen LogP contribution in [0.2, 0.25) is 0 Å². The predicted molar refractivity (Wildman–Crippen MR) is 110 cm³/mol. The van der Waals surface area contributed by atoms with Gasteiger partial charge in [0, 0.05) is 38.4 Å². The first-order chi connectivity index (χ1) is 13.7. The normalized spacial score (nSPS) is 16.5. The number of nitrogens with one attached hydrogen (secondary N) is 1. The number of hydrogen-bond donors (Lipinski definition) is 1. The number of aryl methyl sites for hydroxylation is 1. The standard InChI is InChI=1S/C20H24N6OS/c1-25-12-17(11-23-25)6-8-21-19(27)18-4-2-15(3-5-18)10-16-7-9-26(13-16)20-24-22-14-28-20/h2-5,11-12,14,16H,6-10,13H2,1H3,(H,21,27). The third kappa shape index (κ3) is 4.56. The van der Waals surface area contributed by atoms with E-state index >= 15 is 0 Å². The van der Waals surface area contributed by atoms with E-state index in [-0.39, 0.29) is 5.91 Å². The van der Waals surface area contributed by atoms with Crippen LogP contribution in [0.5, 0.6) is 0 Å². The molecule has 1 saturated heterocycles. The lowest BCUT2D eigenvalue weighted by atomic mass is 9.98. The summed E-state index contributed by atoms with van der Waals surface area (Å²) in [4.78, 5) is 14.6. The summed E-state index contributed by atoms with van der Waals surface area (Å²) in [5.74, 6) is 0.585. The highest BCUT2D eigenvalue weighted by Gasteiger charge is 2.24. The van der Waals surface area contributed by atoms with Crippen molar-refractivity contribution in [1.29, 1.82) is 0 Å². The van der Waals surface area contributed by atoms with E-state index < -0.39 is 0 Å². The van der Waals surface area contributed by atoms with Crippen molar-refractivity contribution in [3.63, 3.8) is 0 Å². The minimum Gasteiger partial charge on any atom is -0.352 e. The number of carbonyl (C=O) groups excluding carboxylic acids is 1. The average Bonchev–Trinajstić information content (AvgIpc) is 3.44. The number of amides is 1. The molecule has 3 aromatic rings. The molecule has 28 heavy (non-hydrogen) atoms. The monoisotopic (exact) mass is 396 g/mol. The molecule has 0 spiro atoms. The van der Waals surface area contributed by atoms with E-state index in [4.69, 9.17) is 0 Å². The third-order valence-corrected chi connectivity index (χ3v) is 5.85. The molecule has 1 atom stereocenters. The largest absolute Gasteiger partial charge is 0.352 e. The van der Waals surface area contributed by atoms with E-state index in [0.29, 0.717) is 18.0 Å². The molecule has 1 aromatic carbocycles. The maximum atomic E-state index is 12.3. The molecule has 3 heterocycles. The molecule has 2 aromatic heterocycles. The number of carbonyl (C=O) groups is 1. The Morgan fingerprint density at radius 3 is 2.86 bits per heavy atom. The van der Waals surface area contributed by atoms with Crippen molar-refractivity contribution >= 4 is 22.4 Å². The minimum atomic E-state index is -0.0289. The van der Waals surface area contributed by atoms with E-state index in [0.717, 1.165) is 43.0 Å². The molecule has 7 nitrogen and oxygen atoms in total. The highest BCUT2D eigenvalue weighted by Crippen LogP contribution is 2.26. The van der Waals surface area contributed by atoms with Crippen LogP contribution < -0.4 is 10.2 Å². The first-order valence-electron chi connectivity index (χ1n) is 9.53. The summed E-state index contributed by atoms with van der Waals surface area (Å²) in [5, 5.41) is 16.2. The first-order valence-corrected chi connectivity index (χ1v) is 10.4. The third-order valence-electron chi connectivity index (χ3n) is 5.10. The summed E-state index contributed by atoms with van der Waals surface area (Å²) < 4.78 is 1.77. The van der Waals surface area contributed by atoms with Gasteiger partial charge in [0.2, 0.25) is 5.13 Å². The summed E-state index contributed by atoms with van der Waals surface area (Å²) in [6.07, 6.45) is 6.77. The van der Waals surface area contributed by atoms with Crippen LogP contribution in [0, 0.1) is 5.92 Å². The van der Waals surface area contributed by atoms with Crippen LogP contribution in [0.25, 0.3) is 0 Å². The molecule has 0 aliphatic carbocycles. The number of benzene rings is 1. The lowest BCUT2D eigenvalue weighted by Gasteiger charge is -2.14. The van der Waals surface area contributed by atoms with Gasteiger partial charge in [0.05, 0.1) is 6.20 Å². The van der Waals surface area contributed by atoms with Gasteiger partial charge in [0.1, 0.15) is 5.51 Å². The quantitative estimate of drug-likeness (QED) is 0.663. The van der Waals surface area contributed by atoms with E-state index in [1.807, 2.05) is 31.6 Å². The second-order valence-electron chi connectivity index (χ2n) is 7.25. The van der Waals surface area contributed by atoms with E-state index in [1.54, 1.807) is 21.5 Å². The molecule has 1 fully saturated rings. The van der Waals surface area contributed by atoms with Crippen LogP contribution in [0.4, 0.5) is 5.13 Å². The van der Waals surface area contributed by atoms with Crippen LogP contribution in [0.3, 0.4) is 0 Å². The fraction of sp³-hybridized carbons (Fsp3) is 0.400. The Bertz CT molecular complexity index is 905. The Morgan fingerprint density at radius 1 is 1.29 bits per heavy atom. The highest BCUT2D eigenvalue weighted by atomic mass is 32.1. The van der Waals surface area contributed by atoms with Gasteiger partial charge in [-0.3, -0.25) is 9.48 Å². The smallest absolute Gasteiger partial charge is 0.251 e. The minimum absolute atomic E-state index is 0.0289. The first kappa shape index (κ1) is 18.6. The van der Waals surface area contributed by atoms with Gasteiger partial charge in [-0.05, 0) is 48.4 Å². The second kappa shape index (κ2) is 8.52. The van der Waals surface area contributed by atoms with Crippen molar-refractivity contribution in [2.45, 2.75) is 19.3 Å². The van der Waals surface area contributed by atoms with Crippen molar-refractivity contribution in [3.05, 3.63) is 58.9 Å². The fourth-order valence-electron chi connectivity index (χ4n) is 3.63. The SMILES string of the molecule is Cn1cc(CCNC(=O)c2ccc(CC3CCN(c4nncs4)C3)cc2)cn1. The van der Waals surface area contributed by atoms with Gasteiger partial charge in [-0.2, -0.15) is 5.10 Å². The zero-order chi connectivity index (χ0) is 19.3. The molecule has 1 unspecified atom stereocenters. The maximum absolute atomic E-state index is 12.3. The summed E-state index contributed by atoms with van der Waals surface area (Å²) in [6, 6.07) is 7.99. The van der Waals surface area contributed by atoms with Crippen molar-refractivity contribution in [2.24, 2.45) is 13.0 Å². The van der Waals surface area contributed by atoms with Gasteiger partial charge in [-0.25, -0.2) is 0 Å². The molecule has 8 heteroatoms. The topological polar surface area (TPSA) is 75.9 Å². The van der Waals surface area contributed by atoms with E-state index in [9.17, 15) is 4.79 Å². The Morgan fingerprint density at radius 2 is 2.14 bits per heavy atom. The summed E-state index contributed by atoms with van der Waals surface area (Å²) >= 11 is 1.59. The molecule has 0 bridgehead atoms. The Kier molecular flexibility index (Phi) is 5.66. The van der Waals surface area contributed by atoms with Crippen LogP contribution >= 0.6 is 11.3 Å². The molecule has 1 aliphatic heterocycles. The molecule has 1 N–H and O–H groups in total. The molecule has 0 saturated carbocycles. The number of rotatable bonds is 7. The fourth-order valence-corrected chi connectivity index (χ4v) is 4.22. The zero-order valence-corrected chi connectivity index (χ0v) is 16.7. The van der Waals surface area contributed by atoms with Gasteiger partial charge in [-0.15, -0.1) is 10.2 Å². The Balaban J connectivity index is 1.25. The lowest BCUT2D eigenvalue weighted by molar-refractivity contribution is 0.0954. The lowest BCUT2D eigenvalue weighted by Crippen LogP contribution is -2.25. The number of aromatic nitrogens is 4. The second-order valence-corrected chi connectivity index (χ2v) is 8.06. The van der Waals surface area contributed by atoms with Crippen LogP contribution in [-0.4, -0.2) is 45.5 Å². The maximum Gasteiger partial charge on any atom is 0.251 e. The average molecular weight is 397 g/mol. The predicted octanol–water partition coefficient (Wildman–Crippen LogP) is 2.31. The Hall–Kier alpha value is -2.74. The van der Waals surface area contributed by atoms with E-state index in [1.165, 1.54) is 5.56 Å². The number of hydrogen-bond acceptors (Lipinski definition) is 6. The van der Waals surface area contributed by atoms with Gasteiger partial charge >= 0.3 is 0 Å². The molecule has 1 amide bonds. The number of anilines is 1. The van der Waals surface area contributed by atoms with Crippen molar-refractivity contribution in [3.8, 4) is 0 Å². The Labute approximate surface area is 168 Å². The van der Waals surface area contributed by atoms with Crippen LogP contribution in [0.1, 0.15) is 27.9 Å². The van der Waals surface area contributed by atoms with E-state index in [2.05, 4.69) is 37.6 Å². The zero-order valence-electron chi connectivity index (χ0n) is 15.9. The van der Waals surface area contributed by atoms with Gasteiger partial charge in [0.25, 0.3) is 5.91 Å². The molecule has 1 aliphatic rings. The van der Waals surface area contributed by atoms with Gasteiger partial charge < -0.3 is 10.2 Å². The molecule has 0 radical (unpaired) electrons. The van der Waals surface area contributed by atoms with Crippen molar-refractivity contribution < 1.29 is 4.79 Å². The van der Waals surface area contributed by atoms with Crippen LogP contribution in [0.15, 0.2) is 42.2 Å². The molecular formula is C20H24N6OS. The van der Waals surface area contributed by atoms with Gasteiger partial charge in [-0.1, -0.05) is 23.5 Å². The van der Waals surface area contributed by atoms with Crippen molar-refractivity contribution in [2.75, 3.05) is 24.5 Å². The van der Waals surface area contributed by atoms with Gasteiger partial charge in [0.15, 0.2) is 0 Å². The molecule has 4 rings (SSSR count). The summed E-state index contributed by atoms with van der Waals surface area (Å²) in [5.41, 5.74) is 4.88.